The number of carbonyl (C=O) groups excluding carboxylic acids is 1. The van der Waals surface area contributed by atoms with E-state index in [0.717, 1.165) is 28.1 Å². The first kappa shape index (κ1) is 16.7. The van der Waals surface area contributed by atoms with Gasteiger partial charge in [0.2, 0.25) is 5.91 Å². The maximum absolute atomic E-state index is 12.1. The first-order valence-electron chi connectivity index (χ1n) is 8.22. The van der Waals surface area contributed by atoms with E-state index in [-0.39, 0.29) is 5.91 Å². The van der Waals surface area contributed by atoms with E-state index in [9.17, 15) is 4.79 Å². The Labute approximate surface area is 149 Å². The summed E-state index contributed by atoms with van der Waals surface area (Å²) in [4.78, 5) is 16.6. The van der Waals surface area contributed by atoms with Crippen molar-refractivity contribution in [3.05, 3.63) is 34.1 Å². The van der Waals surface area contributed by atoms with Crippen LogP contribution in [-0.2, 0) is 4.79 Å². The van der Waals surface area contributed by atoms with Crippen LogP contribution in [0.3, 0.4) is 0 Å². The summed E-state index contributed by atoms with van der Waals surface area (Å²) >= 11 is 4.91. The van der Waals surface area contributed by atoms with Gasteiger partial charge in [-0.25, -0.2) is 4.98 Å². The zero-order chi connectivity index (χ0) is 16.1. The fourth-order valence-electron chi connectivity index (χ4n) is 3.08. The van der Waals surface area contributed by atoms with Crippen LogP contribution < -0.4 is 5.32 Å². The Morgan fingerprint density at radius 1 is 1.22 bits per heavy atom. The molecule has 1 heterocycles. The molecule has 0 spiro atoms. The molecule has 1 aliphatic rings. The minimum atomic E-state index is 0.0901. The lowest BCUT2D eigenvalue weighted by molar-refractivity contribution is -0.116. The number of carbonyl (C=O) groups is 1. The average Bonchev–Trinajstić information content (AvgIpc) is 3.03. The number of anilines is 1. The molecule has 1 aromatic carbocycles. The van der Waals surface area contributed by atoms with Crippen LogP contribution in [0.25, 0.3) is 11.3 Å². The fourth-order valence-corrected chi connectivity index (χ4v) is 4.08. The summed E-state index contributed by atoms with van der Waals surface area (Å²) in [6, 6.07) is 8.04. The molecule has 1 fully saturated rings. The van der Waals surface area contributed by atoms with E-state index in [2.05, 4.69) is 26.2 Å². The fraction of sp³-hybridized carbons (Fsp3) is 0.444. The molecule has 3 rings (SSSR count). The van der Waals surface area contributed by atoms with Gasteiger partial charge in [-0.15, -0.1) is 11.3 Å². The van der Waals surface area contributed by atoms with Crippen molar-refractivity contribution in [1.29, 1.82) is 0 Å². The standard InChI is InChI=1S/C18H21BrN2OS/c19-15-9-7-14(8-10-15)16-12-23-18(20-16)21-17(22)11-6-13-4-2-1-3-5-13/h7-10,12-13H,1-6,11H2,(H,20,21,22). The van der Waals surface area contributed by atoms with Gasteiger partial charge in [0.05, 0.1) is 5.69 Å². The predicted molar refractivity (Wildman–Crippen MR) is 99.7 cm³/mol. The molecule has 0 unspecified atom stereocenters. The topological polar surface area (TPSA) is 42.0 Å². The van der Waals surface area contributed by atoms with Crippen molar-refractivity contribution in [3.8, 4) is 11.3 Å². The number of rotatable bonds is 5. The monoisotopic (exact) mass is 392 g/mol. The van der Waals surface area contributed by atoms with Gasteiger partial charge in [0.1, 0.15) is 0 Å². The van der Waals surface area contributed by atoms with Crippen molar-refractivity contribution in [2.45, 2.75) is 44.9 Å². The molecule has 1 N–H and O–H groups in total. The number of thiazole rings is 1. The maximum Gasteiger partial charge on any atom is 0.226 e. The second-order valence-corrected chi connectivity index (χ2v) is 7.91. The Morgan fingerprint density at radius 3 is 2.70 bits per heavy atom. The molecular weight excluding hydrogens is 372 g/mol. The lowest BCUT2D eigenvalue weighted by Gasteiger charge is -2.20. The molecule has 2 aromatic rings. The largest absolute Gasteiger partial charge is 0.302 e. The second-order valence-electron chi connectivity index (χ2n) is 6.14. The van der Waals surface area contributed by atoms with Crippen LogP contribution in [0, 0.1) is 5.92 Å². The molecule has 3 nitrogen and oxygen atoms in total. The zero-order valence-electron chi connectivity index (χ0n) is 13.1. The number of aromatic nitrogens is 1. The molecule has 0 atom stereocenters. The normalized spacial score (nSPS) is 15.5. The maximum atomic E-state index is 12.1. The number of hydrogen-bond donors (Lipinski definition) is 1. The highest BCUT2D eigenvalue weighted by atomic mass is 79.9. The highest BCUT2D eigenvalue weighted by Gasteiger charge is 2.15. The summed E-state index contributed by atoms with van der Waals surface area (Å²) in [5.74, 6) is 0.830. The Hall–Kier alpha value is -1.20. The van der Waals surface area contributed by atoms with Crippen LogP contribution in [0.15, 0.2) is 34.1 Å². The minimum Gasteiger partial charge on any atom is -0.302 e. The molecule has 1 aliphatic carbocycles. The van der Waals surface area contributed by atoms with Crippen molar-refractivity contribution < 1.29 is 4.79 Å². The summed E-state index contributed by atoms with van der Waals surface area (Å²) in [6.07, 6.45) is 8.22. The first-order valence-corrected chi connectivity index (χ1v) is 9.89. The molecule has 0 aliphatic heterocycles. The molecule has 0 saturated heterocycles. The lowest BCUT2D eigenvalue weighted by Crippen LogP contribution is -2.14. The van der Waals surface area contributed by atoms with Gasteiger partial charge in [-0.1, -0.05) is 60.2 Å². The van der Waals surface area contributed by atoms with E-state index in [4.69, 9.17) is 0 Å². The van der Waals surface area contributed by atoms with Gasteiger partial charge in [0, 0.05) is 21.8 Å². The van der Waals surface area contributed by atoms with Gasteiger partial charge in [0.25, 0.3) is 0 Å². The van der Waals surface area contributed by atoms with E-state index in [1.165, 1.54) is 43.4 Å². The summed E-state index contributed by atoms with van der Waals surface area (Å²) in [5, 5.41) is 5.62. The van der Waals surface area contributed by atoms with E-state index in [1.54, 1.807) is 0 Å². The van der Waals surface area contributed by atoms with Crippen LogP contribution in [0.4, 0.5) is 5.13 Å². The molecule has 122 valence electrons. The van der Waals surface area contributed by atoms with Crippen LogP contribution in [0.2, 0.25) is 0 Å². The highest BCUT2D eigenvalue weighted by molar-refractivity contribution is 9.10. The van der Waals surface area contributed by atoms with Crippen LogP contribution in [0.5, 0.6) is 0 Å². The summed E-state index contributed by atoms with van der Waals surface area (Å²) < 4.78 is 1.05. The van der Waals surface area contributed by atoms with Gasteiger partial charge in [-0.05, 0) is 24.5 Å². The number of halogens is 1. The highest BCUT2D eigenvalue weighted by Crippen LogP contribution is 2.28. The molecule has 0 bridgehead atoms. The molecular formula is C18H21BrN2OS. The first-order chi connectivity index (χ1) is 11.2. The average molecular weight is 393 g/mol. The minimum absolute atomic E-state index is 0.0901. The number of nitrogens with zero attached hydrogens (tertiary/aromatic N) is 1. The summed E-state index contributed by atoms with van der Waals surface area (Å²) in [6.45, 7) is 0. The lowest BCUT2D eigenvalue weighted by atomic mass is 9.86. The Bertz CT molecular complexity index is 647. The van der Waals surface area contributed by atoms with Crippen molar-refractivity contribution in [2.75, 3.05) is 5.32 Å². The molecule has 23 heavy (non-hydrogen) atoms. The number of amides is 1. The van der Waals surface area contributed by atoms with E-state index in [1.807, 2.05) is 29.6 Å². The summed E-state index contributed by atoms with van der Waals surface area (Å²) in [5.41, 5.74) is 1.97. The van der Waals surface area contributed by atoms with Gasteiger partial charge in [0.15, 0.2) is 5.13 Å². The molecule has 0 radical (unpaired) electrons. The van der Waals surface area contributed by atoms with Gasteiger partial charge < -0.3 is 5.32 Å². The molecule has 1 amide bonds. The van der Waals surface area contributed by atoms with E-state index >= 15 is 0 Å². The van der Waals surface area contributed by atoms with Gasteiger partial charge in [-0.2, -0.15) is 0 Å². The predicted octanol–water partition coefficient (Wildman–Crippen LogP) is 5.87. The third-order valence-electron chi connectivity index (χ3n) is 4.39. The number of benzene rings is 1. The second kappa shape index (κ2) is 8.06. The Morgan fingerprint density at radius 2 is 1.96 bits per heavy atom. The van der Waals surface area contributed by atoms with Gasteiger partial charge in [-0.3, -0.25) is 4.79 Å². The molecule has 1 saturated carbocycles. The number of hydrogen-bond acceptors (Lipinski definition) is 3. The third kappa shape index (κ3) is 4.88. The van der Waals surface area contributed by atoms with Crippen LogP contribution in [-0.4, -0.2) is 10.9 Å². The Balaban J connectivity index is 1.51. The zero-order valence-corrected chi connectivity index (χ0v) is 15.5. The Kier molecular flexibility index (Phi) is 5.84. The smallest absolute Gasteiger partial charge is 0.226 e. The third-order valence-corrected chi connectivity index (χ3v) is 5.68. The van der Waals surface area contributed by atoms with Gasteiger partial charge >= 0.3 is 0 Å². The molecule has 1 aromatic heterocycles. The van der Waals surface area contributed by atoms with Crippen LogP contribution >= 0.6 is 27.3 Å². The van der Waals surface area contributed by atoms with E-state index in [0.29, 0.717) is 11.6 Å². The van der Waals surface area contributed by atoms with Crippen LogP contribution in [0.1, 0.15) is 44.9 Å². The van der Waals surface area contributed by atoms with Crippen molar-refractivity contribution in [2.24, 2.45) is 5.92 Å². The SMILES string of the molecule is O=C(CCC1CCCCC1)Nc1nc(-c2ccc(Br)cc2)cs1. The van der Waals surface area contributed by atoms with Crippen molar-refractivity contribution in [3.63, 3.8) is 0 Å². The van der Waals surface area contributed by atoms with Crippen molar-refractivity contribution >= 4 is 38.3 Å². The molecule has 5 heteroatoms. The van der Waals surface area contributed by atoms with E-state index < -0.39 is 0 Å². The van der Waals surface area contributed by atoms with Crippen molar-refractivity contribution in [1.82, 2.24) is 4.98 Å². The summed E-state index contributed by atoms with van der Waals surface area (Å²) in [7, 11) is 0. The quantitative estimate of drug-likeness (QED) is 0.690. The number of nitrogens with one attached hydrogen (secondary N) is 1.